The highest BCUT2D eigenvalue weighted by Crippen LogP contribution is 2.25. The molecule has 0 saturated heterocycles. The maximum absolute atomic E-state index is 12.0. The van der Waals surface area contributed by atoms with Gasteiger partial charge in [0.05, 0.1) is 6.61 Å². The molecule has 0 heterocycles. The van der Waals surface area contributed by atoms with Crippen LogP contribution in [0.1, 0.15) is 18.6 Å². The number of carbonyl (C=O) groups is 1. The number of rotatable bonds is 4. The Morgan fingerprint density at radius 3 is 2.67 bits per heavy atom. The molecule has 0 spiro atoms. The second kappa shape index (κ2) is 5.72. The summed E-state index contributed by atoms with van der Waals surface area (Å²) in [6, 6.07) is 4.52. The summed E-state index contributed by atoms with van der Waals surface area (Å²) in [7, 11) is 0. The number of aliphatic hydroxyl groups excluding tert-OH is 1. The summed E-state index contributed by atoms with van der Waals surface area (Å²) >= 11 is 0. The molecule has 0 aromatic heterocycles. The number of aliphatic hydroxyl groups is 1. The van der Waals surface area contributed by atoms with E-state index in [0.717, 1.165) is 12.1 Å². The van der Waals surface area contributed by atoms with Crippen molar-refractivity contribution in [2.75, 3.05) is 6.61 Å². The van der Waals surface area contributed by atoms with Gasteiger partial charge in [0, 0.05) is 0 Å². The van der Waals surface area contributed by atoms with Gasteiger partial charge in [-0.05, 0) is 24.6 Å². The third kappa shape index (κ3) is 4.25. The molecule has 1 aromatic rings. The van der Waals surface area contributed by atoms with E-state index in [0.29, 0.717) is 0 Å². The molecule has 0 aliphatic heterocycles. The molecule has 0 bridgehead atoms. The number of ether oxygens (including phenoxy) is 2. The van der Waals surface area contributed by atoms with Crippen LogP contribution in [0.25, 0.3) is 0 Å². The van der Waals surface area contributed by atoms with Crippen LogP contribution in [0.3, 0.4) is 0 Å². The number of hydrogen-bond donors (Lipinski definition) is 1. The average Bonchev–Trinajstić information content (AvgIpc) is 2.26. The van der Waals surface area contributed by atoms with E-state index in [9.17, 15) is 23.1 Å². The van der Waals surface area contributed by atoms with Gasteiger partial charge in [0.2, 0.25) is 0 Å². The molecule has 0 aliphatic carbocycles. The van der Waals surface area contributed by atoms with Crippen LogP contribution >= 0.6 is 0 Å². The van der Waals surface area contributed by atoms with Crippen molar-refractivity contribution in [1.29, 1.82) is 0 Å². The Morgan fingerprint density at radius 1 is 1.44 bits per heavy atom. The van der Waals surface area contributed by atoms with Crippen molar-refractivity contribution in [1.82, 2.24) is 0 Å². The zero-order valence-corrected chi connectivity index (χ0v) is 9.40. The molecule has 1 aromatic carbocycles. The SMILES string of the molecule is CCOC(=O)C(O)c1cccc(OC(F)(F)F)c1. The topological polar surface area (TPSA) is 55.8 Å². The Kier molecular flexibility index (Phi) is 4.55. The molecule has 1 atom stereocenters. The zero-order chi connectivity index (χ0) is 13.8. The van der Waals surface area contributed by atoms with Crippen molar-refractivity contribution >= 4 is 5.97 Å². The van der Waals surface area contributed by atoms with Crippen LogP contribution in [0.2, 0.25) is 0 Å². The first-order chi connectivity index (χ1) is 8.33. The Bertz CT molecular complexity index is 417. The normalized spacial score (nSPS) is 12.9. The van der Waals surface area contributed by atoms with Crippen LogP contribution in [0.5, 0.6) is 5.75 Å². The molecule has 1 N–H and O–H groups in total. The highest BCUT2D eigenvalue weighted by atomic mass is 19.4. The fourth-order valence-electron chi connectivity index (χ4n) is 1.24. The fourth-order valence-corrected chi connectivity index (χ4v) is 1.24. The van der Waals surface area contributed by atoms with Gasteiger partial charge in [-0.2, -0.15) is 0 Å². The van der Waals surface area contributed by atoms with Gasteiger partial charge in [-0.1, -0.05) is 12.1 Å². The van der Waals surface area contributed by atoms with Crippen molar-refractivity contribution in [2.45, 2.75) is 19.4 Å². The quantitative estimate of drug-likeness (QED) is 0.847. The largest absolute Gasteiger partial charge is 0.573 e. The summed E-state index contributed by atoms with van der Waals surface area (Å²) in [5.74, 6) is -1.44. The second-order valence-corrected chi connectivity index (χ2v) is 3.27. The second-order valence-electron chi connectivity index (χ2n) is 3.27. The fraction of sp³-hybridized carbons (Fsp3) is 0.364. The minimum atomic E-state index is -4.83. The van der Waals surface area contributed by atoms with E-state index in [2.05, 4.69) is 9.47 Å². The van der Waals surface area contributed by atoms with Crippen LogP contribution < -0.4 is 4.74 Å². The van der Waals surface area contributed by atoms with Crippen molar-refractivity contribution in [3.05, 3.63) is 29.8 Å². The Hall–Kier alpha value is -1.76. The van der Waals surface area contributed by atoms with Crippen LogP contribution in [0.15, 0.2) is 24.3 Å². The maximum atomic E-state index is 12.0. The molecular formula is C11H11F3O4. The van der Waals surface area contributed by atoms with Crippen LogP contribution in [-0.2, 0) is 9.53 Å². The van der Waals surface area contributed by atoms with E-state index in [1.54, 1.807) is 6.92 Å². The van der Waals surface area contributed by atoms with Crippen LogP contribution in [-0.4, -0.2) is 24.0 Å². The van der Waals surface area contributed by atoms with Gasteiger partial charge < -0.3 is 14.6 Å². The highest BCUT2D eigenvalue weighted by Gasteiger charge is 2.31. The third-order valence-electron chi connectivity index (χ3n) is 1.92. The van der Waals surface area contributed by atoms with E-state index >= 15 is 0 Å². The minimum Gasteiger partial charge on any atom is -0.464 e. The Labute approximate surface area is 101 Å². The van der Waals surface area contributed by atoms with E-state index in [1.165, 1.54) is 12.1 Å². The smallest absolute Gasteiger partial charge is 0.464 e. The molecule has 1 unspecified atom stereocenters. The number of carbonyl (C=O) groups excluding carboxylic acids is 1. The lowest BCUT2D eigenvalue weighted by molar-refractivity contribution is -0.274. The van der Waals surface area contributed by atoms with Crippen molar-refractivity contribution in [2.24, 2.45) is 0 Å². The lowest BCUT2D eigenvalue weighted by Gasteiger charge is -2.12. The van der Waals surface area contributed by atoms with E-state index in [4.69, 9.17) is 0 Å². The Balaban J connectivity index is 2.84. The standard InChI is InChI=1S/C11H11F3O4/c1-2-17-10(16)9(15)7-4-3-5-8(6-7)18-11(12,13)14/h3-6,9,15H,2H2,1H3. The molecule has 0 amide bonds. The van der Waals surface area contributed by atoms with E-state index < -0.39 is 24.2 Å². The van der Waals surface area contributed by atoms with Gasteiger partial charge in [0.25, 0.3) is 0 Å². The molecule has 0 aliphatic rings. The summed E-state index contributed by atoms with van der Waals surface area (Å²) < 4.78 is 44.1. The van der Waals surface area contributed by atoms with Gasteiger partial charge >= 0.3 is 12.3 Å². The first-order valence-electron chi connectivity index (χ1n) is 5.04. The van der Waals surface area contributed by atoms with Crippen LogP contribution in [0, 0.1) is 0 Å². The summed E-state index contributed by atoms with van der Waals surface area (Å²) in [5.41, 5.74) is -0.0322. The van der Waals surface area contributed by atoms with Gasteiger partial charge in [0.1, 0.15) is 5.75 Å². The summed E-state index contributed by atoms with van der Waals surface area (Å²) in [5, 5.41) is 9.53. The lowest BCUT2D eigenvalue weighted by Crippen LogP contribution is -2.18. The van der Waals surface area contributed by atoms with Gasteiger partial charge in [-0.15, -0.1) is 13.2 Å². The van der Waals surface area contributed by atoms with Crippen molar-refractivity contribution in [3.8, 4) is 5.75 Å². The number of hydrogen-bond acceptors (Lipinski definition) is 4. The molecule has 0 saturated carbocycles. The number of alkyl halides is 3. The minimum absolute atomic E-state index is 0.0322. The molecule has 18 heavy (non-hydrogen) atoms. The highest BCUT2D eigenvalue weighted by molar-refractivity contribution is 5.76. The summed E-state index contributed by atoms with van der Waals surface area (Å²) in [4.78, 5) is 11.2. The Morgan fingerprint density at radius 2 is 2.11 bits per heavy atom. The van der Waals surface area contributed by atoms with Crippen molar-refractivity contribution < 1.29 is 32.5 Å². The molecule has 0 fully saturated rings. The van der Waals surface area contributed by atoms with Gasteiger partial charge in [0.15, 0.2) is 6.10 Å². The summed E-state index contributed by atoms with van der Waals surface area (Å²) in [6.45, 7) is 1.61. The van der Waals surface area contributed by atoms with Crippen molar-refractivity contribution in [3.63, 3.8) is 0 Å². The maximum Gasteiger partial charge on any atom is 0.573 e. The molecule has 7 heteroatoms. The predicted octanol–water partition coefficient (Wildman–Crippen LogP) is 2.18. The van der Waals surface area contributed by atoms with Crippen LogP contribution in [0.4, 0.5) is 13.2 Å². The molecule has 0 radical (unpaired) electrons. The summed E-state index contributed by atoms with van der Waals surface area (Å²) in [6.07, 6.45) is -6.46. The number of esters is 1. The average molecular weight is 264 g/mol. The zero-order valence-electron chi connectivity index (χ0n) is 9.40. The number of halogens is 3. The van der Waals surface area contributed by atoms with E-state index in [1.807, 2.05) is 0 Å². The molecule has 4 nitrogen and oxygen atoms in total. The predicted molar refractivity (Wildman–Crippen MR) is 54.7 cm³/mol. The van der Waals surface area contributed by atoms with Gasteiger partial charge in [-0.25, -0.2) is 4.79 Å². The first-order valence-corrected chi connectivity index (χ1v) is 5.04. The van der Waals surface area contributed by atoms with Gasteiger partial charge in [-0.3, -0.25) is 0 Å². The third-order valence-corrected chi connectivity index (χ3v) is 1.92. The number of benzene rings is 1. The first kappa shape index (κ1) is 14.3. The molecular weight excluding hydrogens is 253 g/mol. The lowest BCUT2D eigenvalue weighted by atomic mass is 10.1. The monoisotopic (exact) mass is 264 g/mol. The van der Waals surface area contributed by atoms with E-state index in [-0.39, 0.29) is 12.2 Å². The molecule has 1 rings (SSSR count). The molecule has 100 valence electrons.